The van der Waals surface area contributed by atoms with Gasteiger partial charge in [0.2, 0.25) is 0 Å². The molecule has 5 heteroatoms. The molecule has 0 amide bonds. The van der Waals surface area contributed by atoms with E-state index in [9.17, 15) is 4.79 Å². The van der Waals surface area contributed by atoms with Crippen LogP contribution < -0.4 is 5.73 Å². The molecular formula is C11H18N2O3. The predicted octanol–water partition coefficient (Wildman–Crippen LogP) is 1.29. The Bertz CT molecular complexity index is 281. The molecule has 16 heavy (non-hydrogen) atoms. The SMILES string of the molecule is NC(=CC=NC1CCCCO1)CCC(=O)O. The Kier molecular flexibility index (Phi) is 5.56. The Balaban J connectivity index is 2.27. The van der Waals surface area contributed by atoms with Crippen LogP contribution >= 0.6 is 0 Å². The summed E-state index contributed by atoms with van der Waals surface area (Å²) in [5.41, 5.74) is 6.13. The fraction of sp³-hybridized carbons (Fsp3) is 0.636. The number of rotatable bonds is 5. The van der Waals surface area contributed by atoms with Crippen LogP contribution in [0.5, 0.6) is 0 Å². The third kappa shape index (κ3) is 5.50. The molecule has 0 spiro atoms. The molecule has 0 saturated carbocycles. The molecule has 1 atom stereocenters. The van der Waals surface area contributed by atoms with Crippen LogP contribution in [0, 0.1) is 0 Å². The number of carbonyl (C=O) groups is 1. The summed E-state index contributed by atoms with van der Waals surface area (Å²) >= 11 is 0. The van der Waals surface area contributed by atoms with E-state index in [4.69, 9.17) is 15.6 Å². The number of hydrogen-bond donors (Lipinski definition) is 2. The largest absolute Gasteiger partial charge is 0.481 e. The number of allylic oxidation sites excluding steroid dienone is 2. The summed E-state index contributed by atoms with van der Waals surface area (Å²) in [5, 5.41) is 8.46. The van der Waals surface area contributed by atoms with Crippen molar-refractivity contribution in [1.82, 2.24) is 0 Å². The number of nitrogens with zero attached hydrogens (tertiary/aromatic N) is 1. The number of aliphatic imine (C=N–C) groups is 1. The van der Waals surface area contributed by atoms with Gasteiger partial charge in [-0.15, -0.1) is 0 Å². The summed E-state index contributed by atoms with van der Waals surface area (Å²) in [7, 11) is 0. The van der Waals surface area contributed by atoms with Crippen LogP contribution in [-0.4, -0.2) is 30.1 Å². The molecule has 5 nitrogen and oxygen atoms in total. The number of carboxylic acids is 1. The molecule has 0 radical (unpaired) electrons. The van der Waals surface area contributed by atoms with Crippen LogP contribution in [0.2, 0.25) is 0 Å². The van der Waals surface area contributed by atoms with E-state index in [1.807, 2.05) is 0 Å². The van der Waals surface area contributed by atoms with Gasteiger partial charge in [0.15, 0.2) is 0 Å². The number of aliphatic carboxylic acids is 1. The van der Waals surface area contributed by atoms with Crippen molar-refractivity contribution in [3.8, 4) is 0 Å². The zero-order valence-corrected chi connectivity index (χ0v) is 9.26. The zero-order valence-electron chi connectivity index (χ0n) is 9.26. The standard InChI is InChI=1S/C11H18N2O3/c12-9(4-5-11(14)15)6-7-13-10-3-1-2-8-16-10/h6-7,10H,1-5,8,12H2,(H,14,15). The first-order chi connectivity index (χ1) is 7.68. The van der Waals surface area contributed by atoms with E-state index >= 15 is 0 Å². The Morgan fingerprint density at radius 3 is 2.94 bits per heavy atom. The van der Waals surface area contributed by atoms with Crippen LogP contribution in [0.4, 0.5) is 0 Å². The molecule has 1 fully saturated rings. The van der Waals surface area contributed by atoms with Crippen molar-refractivity contribution in [2.24, 2.45) is 10.7 Å². The lowest BCUT2D eigenvalue weighted by molar-refractivity contribution is -0.136. The molecular weight excluding hydrogens is 208 g/mol. The van der Waals surface area contributed by atoms with E-state index in [-0.39, 0.29) is 12.6 Å². The molecule has 0 aromatic carbocycles. The molecule has 3 N–H and O–H groups in total. The highest BCUT2D eigenvalue weighted by Crippen LogP contribution is 2.12. The fourth-order valence-electron chi connectivity index (χ4n) is 1.41. The molecule has 0 aromatic rings. The Morgan fingerprint density at radius 1 is 1.50 bits per heavy atom. The van der Waals surface area contributed by atoms with Gasteiger partial charge < -0.3 is 15.6 Å². The highest BCUT2D eigenvalue weighted by molar-refractivity contribution is 5.72. The summed E-state index contributed by atoms with van der Waals surface area (Å²) < 4.78 is 5.40. The minimum Gasteiger partial charge on any atom is -0.481 e. The highest BCUT2D eigenvalue weighted by Gasteiger charge is 2.10. The minimum absolute atomic E-state index is 0.0517. The van der Waals surface area contributed by atoms with E-state index < -0.39 is 5.97 Å². The third-order valence-corrected chi connectivity index (χ3v) is 2.32. The van der Waals surface area contributed by atoms with Crippen LogP contribution in [-0.2, 0) is 9.53 Å². The van der Waals surface area contributed by atoms with E-state index in [2.05, 4.69) is 4.99 Å². The van der Waals surface area contributed by atoms with Crippen molar-refractivity contribution in [3.63, 3.8) is 0 Å². The van der Waals surface area contributed by atoms with Gasteiger partial charge >= 0.3 is 5.97 Å². The van der Waals surface area contributed by atoms with Gasteiger partial charge in [0, 0.05) is 18.5 Å². The molecule has 1 rings (SSSR count). The summed E-state index contributed by atoms with van der Waals surface area (Å²) in [6.07, 6.45) is 6.77. The molecule has 0 aliphatic carbocycles. The van der Waals surface area contributed by atoms with Gasteiger partial charge in [0.1, 0.15) is 6.23 Å². The molecule has 1 aliphatic rings. The Labute approximate surface area is 95.0 Å². The monoisotopic (exact) mass is 226 g/mol. The highest BCUT2D eigenvalue weighted by atomic mass is 16.5. The summed E-state index contributed by atoms with van der Waals surface area (Å²) in [5.74, 6) is -0.844. The average Bonchev–Trinajstić information content (AvgIpc) is 2.28. The van der Waals surface area contributed by atoms with Gasteiger partial charge in [0.05, 0.1) is 6.42 Å². The van der Waals surface area contributed by atoms with Crippen molar-refractivity contribution in [1.29, 1.82) is 0 Å². The van der Waals surface area contributed by atoms with Crippen LogP contribution in [0.3, 0.4) is 0 Å². The third-order valence-electron chi connectivity index (χ3n) is 2.32. The predicted molar refractivity (Wildman–Crippen MR) is 61.2 cm³/mol. The molecule has 1 heterocycles. The first kappa shape index (κ1) is 12.7. The van der Waals surface area contributed by atoms with E-state index in [0.717, 1.165) is 25.9 Å². The van der Waals surface area contributed by atoms with Crippen molar-refractivity contribution < 1.29 is 14.6 Å². The maximum atomic E-state index is 10.3. The van der Waals surface area contributed by atoms with Crippen molar-refractivity contribution >= 4 is 12.2 Å². The molecule has 1 unspecified atom stereocenters. The lowest BCUT2D eigenvalue weighted by Crippen LogP contribution is -2.16. The van der Waals surface area contributed by atoms with Gasteiger partial charge in [-0.1, -0.05) is 0 Å². The molecule has 1 saturated heterocycles. The van der Waals surface area contributed by atoms with Crippen molar-refractivity contribution in [2.45, 2.75) is 38.3 Å². The van der Waals surface area contributed by atoms with Crippen LogP contribution in [0.1, 0.15) is 32.1 Å². The smallest absolute Gasteiger partial charge is 0.303 e. The summed E-state index contributed by atoms with van der Waals surface area (Å²) in [4.78, 5) is 14.5. The lowest BCUT2D eigenvalue weighted by Gasteiger charge is -2.18. The number of ether oxygens (including phenoxy) is 1. The topological polar surface area (TPSA) is 84.9 Å². The second-order valence-electron chi connectivity index (χ2n) is 3.75. The van der Waals surface area contributed by atoms with Gasteiger partial charge in [-0.2, -0.15) is 0 Å². The number of carboxylic acid groups (broad SMARTS) is 1. The zero-order chi connectivity index (χ0) is 11.8. The lowest BCUT2D eigenvalue weighted by atomic mass is 10.2. The maximum absolute atomic E-state index is 10.3. The van der Waals surface area contributed by atoms with Crippen LogP contribution in [0.25, 0.3) is 0 Å². The maximum Gasteiger partial charge on any atom is 0.303 e. The second-order valence-corrected chi connectivity index (χ2v) is 3.75. The minimum atomic E-state index is -0.844. The van der Waals surface area contributed by atoms with Crippen LogP contribution in [0.15, 0.2) is 16.8 Å². The van der Waals surface area contributed by atoms with Crippen molar-refractivity contribution in [2.75, 3.05) is 6.61 Å². The van der Waals surface area contributed by atoms with E-state index in [0.29, 0.717) is 12.1 Å². The van der Waals surface area contributed by atoms with Crippen molar-refractivity contribution in [3.05, 3.63) is 11.8 Å². The second kappa shape index (κ2) is 7.00. The quantitative estimate of drug-likeness (QED) is 0.692. The first-order valence-corrected chi connectivity index (χ1v) is 5.49. The summed E-state index contributed by atoms with van der Waals surface area (Å²) in [6.45, 7) is 0.764. The molecule has 90 valence electrons. The Morgan fingerprint density at radius 2 is 2.31 bits per heavy atom. The van der Waals surface area contributed by atoms with Gasteiger partial charge in [0.25, 0.3) is 0 Å². The molecule has 0 bridgehead atoms. The number of hydrogen-bond acceptors (Lipinski definition) is 4. The van der Waals surface area contributed by atoms with Gasteiger partial charge in [-0.25, -0.2) is 0 Å². The molecule has 1 aliphatic heterocycles. The first-order valence-electron chi connectivity index (χ1n) is 5.49. The van der Waals surface area contributed by atoms with E-state index in [1.54, 1.807) is 12.3 Å². The van der Waals surface area contributed by atoms with Gasteiger partial charge in [-0.3, -0.25) is 9.79 Å². The average molecular weight is 226 g/mol. The molecule has 0 aromatic heterocycles. The number of nitrogens with two attached hydrogens (primary N) is 1. The Hall–Kier alpha value is -1.36. The fourth-order valence-corrected chi connectivity index (χ4v) is 1.41. The normalized spacial score (nSPS) is 22.5. The van der Waals surface area contributed by atoms with Gasteiger partial charge in [-0.05, 0) is 31.8 Å². The van der Waals surface area contributed by atoms with E-state index in [1.165, 1.54) is 0 Å². The summed E-state index contributed by atoms with van der Waals surface area (Å²) in [6, 6.07) is 0.